The molecule has 0 bridgehead atoms. The molecule has 2 rings (SSSR count). The molecule has 0 aliphatic carbocycles. The molecule has 1 N–H and O–H groups in total. The fourth-order valence-electron chi connectivity index (χ4n) is 2.23. The van der Waals surface area contributed by atoms with E-state index in [0.29, 0.717) is 5.92 Å². The van der Waals surface area contributed by atoms with Gasteiger partial charge in [0.05, 0.1) is 0 Å². The van der Waals surface area contributed by atoms with E-state index >= 15 is 0 Å². The summed E-state index contributed by atoms with van der Waals surface area (Å²) in [4.78, 5) is 13.8. The molecule has 1 aromatic rings. The summed E-state index contributed by atoms with van der Waals surface area (Å²) < 4.78 is 0. The predicted octanol–water partition coefficient (Wildman–Crippen LogP) is 2.73. The standard InChI is InChI=1S/C13H20N2OS/c1-11-3-2-7-15(9-11)13(16)14-6-4-12-5-8-17-10-12/h5,8,10-11H,2-4,6-7,9H2,1H3,(H,14,16). The molecule has 0 saturated carbocycles. The zero-order valence-corrected chi connectivity index (χ0v) is 11.1. The van der Waals surface area contributed by atoms with Gasteiger partial charge in [-0.15, -0.1) is 0 Å². The molecule has 0 spiro atoms. The lowest BCUT2D eigenvalue weighted by molar-refractivity contribution is 0.170. The largest absolute Gasteiger partial charge is 0.338 e. The van der Waals surface area contributed by atoms with Crippen molar-refractivity contribution in [2.24, 2.45) is 5.92 Å². The van der Waals surface area contributed by atoms with Crippen LogP contribution in [0.3, 0.4) is 0 Å². The van der Waals surface area contributed by atoms with Crippen LogP contribution < -0.4 is 5.32 Å². The van der Waals surface area contributed by atoms with Gasteiger partial charge in [0.25, 0.3) is 0 Å². The average Bonchev–Trinajstić information content (AvgIpc) is 2.82. The Balaban J connectivity index is 1.70. The summed E-state index contributed by atoms with van der Waals surface area (Å²) in [7, 11) is 0. The van der Waals surface area contributed by atoms with E-state index < -0.39 is 0 Å². The van der Waals surface area contributed by atoms with Crippen molar-refractivity contribution >= 4 is 17.4 Å². The molecule has 1 unspecified atom stereocenters. The number of thiophene rings is 1. The van der Waals surface area contributed by atoms with Gasteiger partial charge in [0, 0.05) is 19.6 Å². The van der Waals surface area contributed by atoms with Gasteiger partial charge in [-0.3, -0.25) is 0 Å². The van der Waals surface area contributed by atoms with Crippen LogP contribution in [0.1, 0.15) is 25.3 Å². The zero-order valence-electron chi connectivity index (χ0n) is 10.3. The highest BCUT2D eigenvalue weighted by Gasteiger charge is 2.20. The van der Waals surface area contributed by atoms with Crippen molar-refractivity contribution in [1.29, 1.82) is 0 Å². The summed E-state index contributed by atoms with van der Waals surface area (Å²) >= 11 is 1.70. The van der Waals surface area contributed by atoms with Crippen molar-refractivity contribution in [3.05, 3.63) is 22.4 Å². The van der Waals surface area contributed by atoms with E-state index in [4.69, 9.17) is 0 Å². The van der Waals surface area contributed by atoms with Crippen molar-refractivity contribution in [1.82, 2.24) is 10.2 Å². The number of urea groups is 1. The number of carbonyl (C=O) groups is 1. The van der Waals surface area contributed by atoms with E-state index in [2.05, 4.69) is 29.1 Å². The SMILES string of the molecule is CC1CCCN(C(=O)NCCc2ccsc2)C1. The van der Waals surface area contributed by atoms with Gasteiger partial charge in [-0.1, -0.05) is 6.92 Å². The van der Waals surface area contributed by atoms with Gasteiger partial charge >= 0.3 is 6.03 Å². The molecular formula is C13H20N2OS. The number of amides is 2. The summed E-state index contributed by atoms with van der Waals surface area (Å²) in [6, 6.07) is 2.21. The summed E-state index contributed by atoms with van der Waals surface area (Å²) in [6.07, 6.45) is 3.32. The van der Waals surface area contributed by atoms with Crippen LogP contribution in [-0.2, 0) is 6.42 Å². The number of likely N-dealkylation sites (tertiary alicyclic amines) is 1. The molecule has 1 atom stereocenters. The number of carbonyl (C=O) groups excluding carboxylic acids is 1. The maximum Gasteiger partial charge on any atom is 0.317 e. The molecule has 0 radical (unpaired) electrons. The Morgan fingerprint density at radius 3 is 3.24 bits per heavy atom. The third-order valence-electron chi connectivity index (χ3n) is 3.21. The summed E-state index contributed by atoms with van der Waals surface area (Å²) in [5.41, 5.74) is 1.31. The van der Waals surface area contributed by atoms with E-state index in [1.54, 1.807) is 11.3 Å². The third-order valence-corrected chi connectivity index (χ3v) is 3.95. The monoisotopic (exact) mass is 252 g/mol. The van der Waals surface area contributed by atoms with E-state index in [1.165, 1.54) is 12.0 Å². The number of rotatable bonds is 3. The molecule has 3 nitrogen and oxygen atoms in total. The molecule has 1 aliphatic heterocycles. The number of nitrogens with one attached hydrogen (secondary N) is 1. The highest BCUT2D eigenvalue weighted by atomic mass is 32.1. The molecule has 1 fully saturated rings. The molecule has 2 heterocycles. The first-order chi connectivity index (χ1) is 8.25. The molecule has 4 heteroatoms. The van der Waals surface area contributed by atoms with Gasteiger partial charge in [-0.05, 0) is 47.6 Å². The fraction of sp³-hybridized carbons (Fsp3) is 0.615. The van der Waals surface area contributed by atoms with Crippen LogP contribution in [-0.4, -0.2) is 30.6 Å². The summed E-state index contributed by atoms with van der Waals surface area (Å²) in [6.45, 7) is 4.77. The Kier molecular flexibility index (Phi) is 4.42. The Morgan fingerprint density at radius 2 is 2.53 bits per heavy atom. The second-order valence-corrected chi connectivity index (χ2v) is 5.59. The van der Waals surface area contributed by atoms with Crippen LogP contribution in [0, 0.1) is 5.92 Å². The Morgan fingerprint density at radius 1 is 1.65 bits per heavy atom. The summed E-state index contributed by atoms with van der Waals surface area (Å²) in [5.74, 6) is 0.645. The van der Waals surface area contributed by atoms with Crippen molar-refractivity contribution in [2.75, 3.05) is 19.6 Å². The van der Waals surface area contributed by atoms with Gasteiger partial charge in [0.1, 0.15) is 0 Å². The zero-order chi connectivity index (χ0) is 12.1. The molecule has 2 amide bonds. The first kappa shape index (κ1) is 12.4. The van der Waals surface area contributed by atoms with Crippen LogP contribution >= 0.6 is 11.3 Å². The molecule has 1 saturated heterocycles. The van der Waals surface area contributed by atoms with Crippen molar-refractivity contribution in [2.45, 2.75) is 26.2 Å². The van der Waals surface area contributed by atoms with Crippen LogP contribution in [0.5, 0.6) is 0 Å². The Hall–Kier alpha value is -1.03. The first-order valence-corrected chi connectivity index (χ1v) is 7.24. The van der Waals surface area contributed by atoms with Crippen molar-refractivity contribution < 1.29 is 4.79 Å². The minimum atomic E-state index is 0.103. The second-order valence-electron chi connectivity index (χ2n) is 4.81. The quantitative estimate of drug-likeness (QED) is 0.881. The maximum absolute atomic E-state index is 11.9. The van der Waals surface area contributed by atoms with Crippen molar-refractivity contribution in [3.63, 3.8) is 0 Å². The molecule has 1 aliphatic rings. The number of piperidine rings is 1. The second kappa shape index (κ2) is 6.05. The van der Waals surface area contributed by atoms with Gasteiger partial charge in [0.15, 0.2) is 0 Å². The third kappa shape index (κ3) is 3.73. The molecule has 17 heavy (non-hydrogen) atoms. The summed E-state index contributed by atoms with van der Waals surface area (Å²) in [5, 5.41) is 7.21. The highest BCUT2D eigenvalue weighted by Crippen LogP contribution is 2.15. The average molecular weight is 252 g/mol. The lowest BCUT2D eigenvalue weighted by Crippen LogP contribution is -2.45. The van der Waals surface area contributed by atoms with E-state index in [9.17, 15) is 4.79 Å². The molecule has 0 aromatic carbocycles. The minimum absolute atomic E-state index is 0.103. The highest BCUT2D eigenvalue weighted by molar-refractivity contribution is 7.07. The van der Waals surface area contributed by atoms with E-state index in [-0.39, 0.29) is 6.03 Å². The molecule has 94 valence electrons. The Labute approximate surface area is 107 Å². The smallest absolute Gasteiger partial charge is 0.317 e. The van der Waals surface area contributed by atoms with Crippen LogP contribution in [0.15, 0.2) is 16.8 Å². The van der Waals surface area contributed by atoms with Gasteiger partial charge in [0.2, 0.25) is 0 Å². The Bertz CT molecular complexity index is 350. The van der Waals surface area contributed by atoms with E-state index in [0.717, 1.165) is 32.5 Å². The predicted molar refractivity (Wildman–Crippen MR) is 71.4 cm³/mol. The first-order valence-electron chi connectivity index (χ1n) is 6.29. The molecule has 1 aromatic heterocycles. The van der Waals surface area contributed by atoms with Crippen LogP contribution in [0.2, 0.25) is 0 Å². The lowest BCUT2D eigenvalue weighted by atomic mass is 10.0. The van der Waals surface area contributed by atoms with E-state index in [1.807, 2.05) is 4.90 Å². The van der Waals surface area contributed by atoms with Crippen LogP contribution in [0.25, 0.3) is 0 Å². The minimum Gasteiger partial charge on any atom is -0.338 e. The van der Waals surface area contributed by atoms with Gasteiger partial charge in [-0.25, -0.2) is 4.79 Å². The lowest BCUT2D eigenvalue weighted by Gasteiger charge is -2.30. The normalized spacial score (nSPS) is 20.3. The van der Waals surface area contributed by atoms with Crippen LogP contribution in [0.4, 0.5) is 4.79 Å². The number of hydrogen-bond acceptors (Lipinski definition) is 2. The van der Waals surface area contributed by atoms with Gasteiger partial charge in [-0.2, -0.15) is 11.3 Å². The van der Waals surface area contributed by atoms with Crippen molar-refractivity contribution in [3.8, 4) is 0 Å². The van der Waals surface area contributed by atoms with Gasteiger partial charge < -0.3 is 10.2 Å². The number of nitrogens with zero attached hydrogens (tertiary/aromatic N) is 1. The maximum atomic E-state index is 11.9. The number of hydrogen-bond donors (Lipinski definition) is 1. The fourth-order valence-corrected chi connectivity index (χ4v) is 2.94. The molecular weight excluding hydrogens is 232 g/mol. The topological polar surface area (TPSA) is 32.3 Å².